The van der Waals surface area contributed by atoms with Gasteiger partial charge in [-0.1, -0.05) is 18.2 Å². The Hall–Kier alpha value is -2.23. The summed E-state index contributed by atoms with van der Waals surface area (Å²) in [6, 6.07) is 10.7. The van der Waals surface area contributed by atoms with Gasteiger partial charge in [0.05, 0.1) is 19.4 Å². The normalized spacial score (nSPS) is 11.9. The average molecular weight is 245 g/mol. The molecule has 0 spiro atoms. The minimum absolute atomic E-state index is 0.154. The highest BCUT2D eigenvalue weighted by Gasteiger charge is 2.15. The molecule has 1 unspecified atom stereocenters. The van der Waals surface area contributed by atoms with Gasteiger partial charge in [0.25, 0.3) is 5.91 Å². The van der Waals surface area contributed by atoms with Crippen LogP contribution >= 0.6 is 0 Å². The first-order valence-electron chi connectivity index (χ1n) is 5.69. The fourth-order valence-corrected chi connectivity index (χ4v) is 1.78. The molecule has 0 bridgehead atoms. The summed E-state index contributed by atoms with van der Waals surface area (Å²) in [4.78, 5) is 11.8. The maximum atomic E-state index is 11.8. The lowest BCUT2D eigenvalue weighted by Crippen LogP contribution is -2.26. The molecular weight excluding hydrogens is 230 g/mol. The molecule has 94 valence electrons. The number of rotatable bonds is 4. The number of ether oxygens (including phenoxy) is 1. The first kappa shape index (κ1) is 12.2. The zero-order valence-corrected chi connectivity index (χ0v) is 10.3. The van der Waals surface area contributed by atoms with Crippen molar-refractivity contribution in [3.8, 4) is 5.75 Å². The van der Waals surface area contributed by atoms with Crippen molar-refractivity contribution in [3.05, 3.63) is 54.0 Å². The molecule has 0 aliphatic carbocycles. The van der Waals surface area contributed by atoms with Crippen LogP contribution in [0, 0.1) is 0 Å². The highest BCUT2D eigenvalue weighted by atomic mass is 16.5. The Labute approximate surface area is 106 Å². The summed E-state index contributed by atoms with van der Waals surface area (Å²) in [7, 11) is 1.61. The smallest absolute Gasteiger partial charge is 0.287 e. The van der Waals surface area contributed by atoms with E-state index in [9.17, 15) is 4.79 Å². The second-order valence-corrected chi connectivity index (χ2v) is 3.91. The Morgan fingerprint density at radius 2 is 2.06 bits per heavy atom. The van der Waals surface area contributed by atoms with Gasteiger partial charge in [0, 0.05) is 5.56 Å². The van der Waals surface area contributed by atoms with Crippen LogP contribution in [0.3, 0.4) is 0 Å². The second kappa shape index (κ2) is 5.40. The Morgan fingerprint density at radius 1 is 1.28 bits per heavy atom. The molecule has 0 aliphatic heterocycles. The number of hydrogen-bond acceptors (Lipinski definition) is 3. The number of carbonyl (C=O) groups is 1. The van der Waals surface area contributed by atoms with E-state index in [2.05, 4.69) is 5.32 Å². The van der Waals surface area contributed by atoms with Crippen LogP contribution in [0.5, 0.6) is 5.75 Å². The molecule has 2 rings (SSSR count). The second-order valence-electron chi connectivity index (χ2n) is 3.91. The molecule has 18 heavy (non-hydrogen) atoms. The van der Waals surface area contributed by atoms with Crippen molar-refractivity contribution in [2.75, 3.05) is 7.11 Å². The molecule has 2 aromatic rings. The van der Waals surface area contributed by atoms with Crippen LogP contribution in [0.4, 0.5) is 0 Å². The number of nitrogens with one attached hydrogen (secondary N) is 1. The molecule has 0 saturated heterocycles. The quantitative estimate of drug-likeness (QED) is 0.901. The number of hydrogen-bond donors (Lipinski definition) is 1. The molecule has 0 fully saturated rings. The Balaban J connectivity index is 2.12. The van der Waals surface area contributed by atoms with E-state index in [1.165, 1.54) is 6.26 Å². The Kier molecular flexibility index (Phi) is 3.67. The molecule has 4 heteroatoms. The van der Waals surface area contributed by atoms with Gasteiger partial charge in [-0.2, -0.15) is 0 Å². The maximum absolute atomic E-state index is 11.8. The van der Waals surface area contributed by atoms with Crippen molar-refractivity contribution < 1.29 is 13.9 Å². The summed E-state index contributed by atoms with van der Waals surface area (Å²) in [5, 5.41) is 2.86. The van der Waals surface area contributed by atoms with Crippen LogP contribution in [0.2, 0.25) is 0 Å². The first-order chi connectivity index (χ1) is 8.72. The molecule has 0 saturated carbocycles. The van der Waals surface area contributed by atoms with Crippen molar-refractivity contribution in [2.45, 2.75) is 13.0 Å². The van der Waals surface area contributed by atoms with Gasteiger partial charge in [-0.3, -0.25) is 4.79 Å². The molecule has 1 amide bonds. The molecular formula is C14H15NO3. The monoisotopic (exact) mass is 245 g/mol. The lowest BCUT2D eigenvalue weighted by Gasteiger charge is -2.16. The van der Waals surface area contributed by atoms with Crippen LogP contribution in [-0.4, -0.2) is 13.0 Å². The highest BCUT2D eigenvalue weighted by Crippen LogP contribution is 2.24. The van der Waals surface area contributed by atoms with Crippen molar-refractivity contribution in [1.82, 2.24) is 5.32 Å². The molecule has 1 N–H and O–H groups in total. The van der Waals surface area contributed by atoms with E-state index in [-0.39, 0.29) is 11.9 Å². The maximum Gasteiger partial charge on any atom is 0.287 e. The predicted molar refractivity (Wildman–Crippen MR) is 67.6 cm³/mol. The van der Waals surface area contributed by atoms with Gasteiger partial charge in [-0.25, -0.2) is 0 Å². The van der Waals surface area contributed by atoms with Gasteiger partial charge in [0.15, 0.2) is 5.76 Å². The molecule has 0 radical (unpaired) electrons. The van der Waals surface area contributed by atoms with Gasteiger partial charge in [-0.15, -0.1) is 0 Å². The third kappa shape index (κ3) is 2.53. The van der Waals surface area contributed by atoms with E-state index >= 15 is 0 Å². The zero-order chi connectivity index (χ0) is 13.0. The lowest BCUT2D eigenvalue weighted by molar-refractivity contribution is 0.0911. The molecule has 1 aromatic heterocycles. The molecule has 1 atom stereocenters. The van der Waals surface area contributed by atoms with E-state index in [0.29, 0.717) is 5.76 Å². The zero-order valence-electron chi connectivity index (χ0n) is 10.3. The first-order valence-corrected chi connectivity index (χ1v) is 5.69. The van der Waals surface area contributed by atoms with E-state index in [1.807, 2.05) is 31.2 Å². The molecule has 4 nitrogen and oxygen atoms in total. The SMILES string of the molecule is COc1ccccc1C(C)NC(=O)c1ccco1. The Morgan fingerprint density at radius 3 is 2.72 bits per heavy atom. The summed E-state index contributed by atoms with van der Waals surface area (Å²) in [5.41, 5.74) is 0.930. The van der Waals surface area contributed by atoms with Crippen molar-refractivity contribution in [3.63, 3.8) is 0 Å². The minimum atomic E-state index is -0.238. The van der Waals surface area contributed by atoms with Crippen LogP contribution < -0.4 is 10.1 Å². The fourth-order valence-electron chi connectivity index (χ4n) is 1.78. The standard InChI is InChI=1S/C14H15NO3/c1-10(11-6-3-4-7-12(11)17-2)15-14(16)13-8-5-9-18-13/h3-10H,1-2H3,(H,15,16). The lowest BCUT2D eigenvalue weighted by atomic mass is 10.1. The third-order valence-corrected chi connectivity index (χ3v) is 2.70. The predicted octanol–water partition coefficient (Wildman–Crippen LogP) is 2.78. The summed E-state index contributed by atoms with van der Waals surface area (Å²) in [5.74, 6) is 0.819. The van der Waals surface area contributed by atoms with Crippen LogP contribution in [-0.2, 0) is 0 Å². The molecule has 1 heterocycles. The van der Waals surface area contributed by atoms with Crippen molar-refractivity contribution >= 4 is 5.91 Å². The summed E-state index contributed by atoms with van der Waals surface area (Å²) < 4.78 is 10.3. The van der Waals surface area contributed by atoms with Crippen LogP contribution in [0.15, 0.2) is 47.1 Å². The summed E-state index contributed by atoms with van der Waals surface area (Å²) >= 11 is 0. The number of methoxy groups -OCH3 is 1. The van der Waals surface area contributed by atoms with E-state index in [1.54, 1.807) is 19.2 Å². The van der Waals surface area contributed by atoms with E-state index in [0.717, 1.165) is 11.3 Å². The van der Waals surface area contributed by atoms with E-state index in [4.69, 9.17) is 9.15 Å². The number of para-hydroxylation sites is 1. The van der Waals surface area contributed by atoms with Gasteiger partial charge in [-0.05, 0) is 25.1 Å². The summed E-state index contributed by atoms with van der Waals surface area (Å²) in [6.45, 7) is 1.90. The third-order valence-electron chi connectivity index (χ3n) is 2.70. The van der Waals surface area contributed by atoms with Crippen molar-refractivity contribution in [2.24, 2.45) is 0 Å². The van der Waals surface area contributed by atoms with Gasteiger partial charge < -0.3 is 14.5 Å². The number of furan rings is 1. The van der Waals surface area contributed by atoms with Crippen LogP contribution in [0.1, 0.15) is 29.1 Å². The van der Waals surface area contributed by atoms with Gasteiger partial charge in [0.1, 0.15) is 5.75 Å². The topological polar surface area (TPSA) is 51.5 Å². The van der Waals surface area contributed by atoms with E-state index < -0.39 is 0 Å². The number of amides is 1. The average Bonchev–Trinajstić information content (AvgIpc) is 2.92. The Bertz CT molecular complexity index is 520. The van der Waals surface area contributed by atoms with Crippen molar-refractivity contribution in [1.29, 1.82) is 0 Å². The molecule has 0 aliphatic rings. The summed E-state index contributed by atoms with van der Waals surface area (Å²) in [6.07, 6.45) is 1.47. The highest BCUT2D eigenvalue weighted by molar-refractivity contribution is 5.91. The number of carbonyl (C=O) groups excluding carboxylic acids is 1. The number of benzene rings is 1. The van der Waals surface area contributed by atoms with Gasteiger partial charge in [0.2, 0.25) is 0 Å². The minimum Gasteiger partial charge on any atom is -0.496 e. The van der Waals surface area contributed by atoms with Gasteiger partial charge >= 0.3 is 0 Å². The molecule has 1 aromatic carbocycles. The van der Waals surface area contributed by atoms with Crippen LogP contribution in [0.25, 0.3) is 0 Å². The fraction of sp³-hybridized carbons (Fsp3) is 0.214. The largest absolute Gasteiger partial charge is 0.496 e.